The first-order chi connectivity index (χ1) is 16.9. The zero-order valence-corrected chi connectivity index (χ0v) is 18.3. The van der Waals surface area contributed by atoms with Gasteiger partial charge in [-0.1, -0.05) is 0 Å². The molecule has 194 valence electrons. The van der Waals surface area contributed by atoms with Crippen LogP contribution in [0.4, 0.5) is 40.8 Å². The molecule has 1 aliphatic carbocycles. The van der Waals surface area contributed by atoms with Gasteiger partial charge in [0.25, 0.3) is 12.3 Å². The third-order valence-electron chi connectivity index (χ3n) is 5.84. The summed E-state index contributed by atoms with van der Waals surface area (Å²) in [4.78, 5) is 16.1. The molecular weight excluding hydrogens is 502 g/mol. The van der Waals surface area contributed by atoms with Gasteiger partial charge in [-0.3, -0.25) is 4.79 Å². The summed E-state index contributed by atoms with van der Waals surface area (Å²) in [6, 6.07) is 2.91. The van der Waals surface area contributed by atoms with Crippen LogP contribution in [-0.2, 0) is 6.18 Å². The summed E-state index contributed by atoms with van der Waals surface area (Å²) in [6.45, 7) is -3.21. The van der Waals surface area contributed by atoms with E-state index in [4.69, 9.17) is 0 Å². The van der Waals surface area contributed by atoms with Crippen molar-refractivity contribution in [2.24, 2.45) is 0 Å². The number of hydrogen-bond donors (Lipinski definition) is 2. The number of aromatic nitrogens is 3. The summed E-state index contributed by atoms with van der Waals surface area (Å²) >= 11 is 0. The van der Waals surface area contributed by atoms with E-state index in [1.807, 2.05) is 0 Å². The van der Waals surface area contributed by atoms with Crippen LogP contribution in [0.3, 0.4) is 0 Å². The monoisotopic (exact) mass is 521 g/mol. The van der Waals surface area contributed by atoms with Crippen LogP contribution in [0.25, 0.3) is 10.9 Å². The number of carbonyl (C=O) groups excluding carboxylic acids is 1. The normalized spacial score (nSPS) is 18.7. The number of nitrogens with one attached hydrogen (secondary N) is 2. The molecule has 1 amide bonds. The molecule has 1 aliphatic rings. The van der Waals surface area contributed by atoms with Crippen LogP contribution in [0.1, 0.15) is 60.4 Å². The van der Waals surface area contributed by atoms with E-state index in [1.165, 1.54) is 0 Å². The smallest absolute Gasteiger partial charge is 0.382 e. The molecule has 3 aromatic rings. The molecule has 2 heterocycles. The van der Waals surface area contributed by atoms with E-state index in [0.29, 0.717) is 25.5 Å². The zero-order valence-electron chi connectivity index (χ0n) is 18.3. The molecule has 2 aromatic heterocycles. The number of carbonyl (C=O) groups is 1. The lowest BCUT2D eigenvalue weighted by molar-refractivity contribution is -0.140. The quantitative estimate of drug-likeness (QED) is 0.386. The maximum absolute atomic E-state index is 13.8. The van der Waals surface area contributed by atoms with Crippen molar-refractivity contribution < 1.29 is 39.9 Å². The molecule has 4 rings (SSSR count). The fraction of sp³-hybridized carbons (Fsp3) is 0.409. The van der Waals surface area contributed by atoms with Gasteiger partial charge in [-0.25, -0.2) is 22.8 Å². The Labute approximate surface area is 198 Å². The van der Waals surface area contributed by atoms with E-state index in [0.717, 1.165) is 24.3 Å². The molecule has 1 aromatic carbocycles. The maximum Gasteiger partial charge on any atom is 0.433 e. The van der Waals surface area contributed by atoms with Crippen LogP contribution >= 0.6 is 0 Å². The van der Waals surface area contributed by atoms with Crippen molar-refractivity contribution in [3.63, 3.8) is 0 Å². The highest BCUT2D eigenvalue weighted by atomic mass is 19.4. The standard InChI is InChI=1S/C22H19F8N5O/c23-10-4-5-15-13(6-10)16(8-17(33-15)22(28,29)30)31-11-2-1-3-12(7-11)32-20(36)14-9-35(21(26)27)34-18(14)19(24)25/h4-6,8-9,11-12,19,21H,1-3,7H2,(H,31,33)(H,32,36)/t11-,12+/m0/s1. The van der Waals surface area contributed by atoms with Gasteiger partial charge in [-0.2, -0.15) is 27.1 Å². The van der Waals surface area contributed by atoms with Crippen LogP contribution in [0.5, 0.6) is 0 Å². The molecule has 2 atom stereocenters. The highest BCUT2D eigenvalue weighted by Gasteiger charge is 2.34. The average Bonchev–Trinajstić information content (AvgIpc) is 3.25. The van der Waals surface area contributed by atoms with Gasteiger partial charge in [0, 0.05) is 29.4 Å². The number of halogens is 8. The van der Waals surface area contributed by atoms with E-state index in [-0.39, 0.29) is 27.7 Å². The van der Waals surface area contributed by atoms with Crippen molar-refractivity contribution in [1.82, 2.24) is 20.1 Å². The first kappa shape index (κ1) is 25.6. The second kappa shape index (κ2) is 9.90. The minimum absolute atomic E-state index is 0.00185. The number of nitrogens with zero attached hydrogens (tertiary/aromatic N) is 3. The topological polar surface area (TPSA) is 71.8 Å². The molecule has 0 radical (unpaired) electrons. The molecule has 36 heavy (non-hydrogen) atoms. The summed E-state index contributed by atoms with van der Waals surface area (Å²) in [5.41, 5.74) is -3.00. The van der Waals surface area contributed by atoms with E-state index in [9.17, 15) is 39.9 Å². The van der Waals surface area contributed by atoms with Gasteiger partial charge in [0.15, 0.2) is 0 Å². The number of hydrogen-bond acceptors (Lipinski definition) is 4. The van der Waals surface area contributed by atoms with Gasteiger partial charge in [-0.15, -0.1) is 0 Å². The SMILES string of the molecule is O=C(N[C@@H]1CCC[C@H](Nc2cc(C(F)(F)F)nc3ccc(F)cc23)C1)c1cn(C(F)F)nc1C(F)F. The number of alkyl halides is 7. The number of amides is 1. The first-order valence-corrected chi connectivity index (χ1v) is 10.8. The van der Waals surface area contributed by atoms with Gasteiger partial charge in [0.2, 0.25) is 0 Å². The Morgan fingerprint density at radius 2 is 1.81 bits per heavy atom. The highest BCUT2D eigenvalue weighted by Crippen LogP contribution is 2.35. The van der Waals surface area contributed by atoms with Crippen molar-refractivity contribution in [2.75, 3.05) is 5.32 Å². The summed E-state index contributed by atoms with van der Waals surface area (Å²) in [6.07, 6.45) is -5.82. The molecular formula is C22H19F8N5O. The molecule has 0 saturated heterocycles. The van der Waals surface area contributed by atoms with Crippen molar-refractivity contribution in [1.29, 1.82) is 0 Å². The molecule has 0 bridgehead atoms. The molecule has 14 heteroatoms. The van der Waals surface area contributed by atoms with Crippen molar-refractivity contribution in [2.45, 2.75) is 56.9 Å². The number of pyridine rings is 1. The van der Waals surface area contributed by atoms with Crippen LogP contribution < -0.4 is 10.6 Å². The molecule has 1 fully saturated rings. The van der Waals surface area contributed by atoms with Crippen LogP contribution in [0.15, 0.2) is 30.5 Å². The number of rotatable bonds is 6. The molecule has 1 saturated carbocycles. The second-order valence-electron chi connectivity index (χ2n) is 8.38. The molecule has 2 N–H and O–H groups in total. The number of fused-ring (bicyclic) bond motifs is 1. The fourth-order valence-electron chi connectivity index (χ4n) is 4.24. The van der Waals surface area contributed by atoms with Crippen LogP contribution in [-0.4, -0.2) is 32.8 Å². The Morgan fingerprint density at radius 1 is 1.08 bits per heavy atom. The largest absolute Gasteiger partial charge is 0.433 e. The Morgan fingerprint density at radius 3 is 2.47 bits per heavy atom. The second-order valence-corrected chi connectivity index (χ2v) is 8.38. The lowest BCUT2D eigenvalue weighted by atomic mass is 9.90. The average molecular weight is 521 g/mol. The van der Waals surface area contributed by atoms with Crippen molar-refractivity contribution >= 4 is 22.5 Å². The Balaban J connectivity index is 1.53. The third-order valence-corrected chi connectivity index (χ3v) is 5.84. The van der Waals surface area contributed by atoms with Crippen LogP contribution in [0.2, 0.25) is 0 Å². The minimum Gasteiger partial charge on any atom is -0.382 e. The molecule has 6 nitrogen and oxygen atoms in total. The predicted molar refractivity (Wildman–Crippen MR) is 112 cm³/mol. The van der Waals surface area contributed by atoms with Gasteiger partial charge >= 0.3 is 12.7 Å². The zero-order chi connectivity index (χ0) is 26.2. The van der Waals surface area contributed by atoms with Gasteiger partial charge < -0.3 is 10.6 Å². The van der Waals surface area contributed by atoms with Crippen LogP contribution in [0, 0.1) is 5.82 Å². The van der Waals surface area contributed by atoms with Gasteiger partial charge in [0.1, 0.15) is 17.2 Å². The Kier molecular flexibility index (Phi) is 7.05. The van der Waals surface area contributed by atoms with E-state index in [1.54, 1.807) is 0 Å². The Hall–Kier alpha value is -3.45. The summed E-state index contributed by atoms with van der Waals surface area (Å²) < 4.78 is 106. The van der Waals surface area contributed by atoms with Crippen molar-refractivity contribution in [3.8, 4) is 0 Å². The minimum atomic E-state index is -4.74. The fourth-order valence-corrected chi connectivity index (χ4v) is 4.24. The Bertz CT molecular complexity index is 1260. The maximum atomic E-state index is 13.8. The highest BCUT2D eigenvalue weighted by molar-refractivity contribution is 5.95. The third kappa shape index (κ3) is 5.51. The summed E-state index contributed by atoms with van der Waals surface area (Å²) in [7, 11) is 0. The predicted octanol–water partition coefficient (Wildman–Crippen LogP) is 6.08. The summed E-state index contributed by atoms with van der Waals surface area (Å²) in [5, 5.41) is 8.69. The summed E-state index contributed by atoms with van der Waals surface area (Å²) in [5.74, 6) is -1.68. The molecule has 0 spiro atoms. The lowest BCUT2D eigenvalue weighted by Gasteiger charge is -2.31. The number of benzene rings is 1. The molecule has 0 unspecified atom stereocenters. The van der Waals surface area contributed by atoms with Crippen molar-refractivity contribution in [3.05, 3.63) is 53.2 Å². The first-order valence-electron chi connectivity index (χ1n) is 10.8. The lowest BCUT2D eigenvalue weighted by Crippen LogP contribution is -2.42. The van der Waals surface area contributed by atoms with E-state index < -0.39 is 59.9 Å². The molecule has 0 aliphatic heterocycles. The van der Waals surface area contributed by atoms with Gasteiger partial charge in [0.05, 0.1) is 11.1 Å². The van der Waals surface area contributed by atoms with E-state index >= 15 is 0 Å². The van der Waals surface area contributed by atoms with Gasteiger partial charge in [-0.05, 0) is 49.9 Å². The number of anilines is 1. The van der Waals surface area contributed by atoms with E-state index in [2.05, 4.69) is 20.7 Å².